The molecule has 0 saturated carbocycles. The van der Waals surface area contributed by atoms with Crippen LogP contribution >= 0.6 is 0 Å². The van der Waals surface area contributed by atoms with Gasteiger partial charge in [-0.3, -0.25) is 4.98 Å². The zero-order valence-electron chi connectivity index (χ0n) is 13.3. The number of anilines is 2. The summed E-state index contributed by atoms with van der Waals surface area (Å²) >= 11 is 0. The Morgan fingerprint density at radius 2 is 2.00 bits per heavy atom. The quantitative estimate of drug-likeness (QED) is 0.771. The highest BCUT2D eigenvalue weighted by Crippen LogP contribution is 2.38. The summed E-state index contributed by atoms with van der Waals surface area (Å²) in [6.07, 6.45) is 1.48. The van der Waals surface area contributed by atoms with Gasteiger partial charge in [0.25, 0.3) is 0 Å². The Bertz CT molecular complexity index is 950. The monoisotopic (exact) mass is 324 g/mol. The van der Waals surface area contributed by atoms with Gasteiger partial charge in [-0.2, -0.15) is 0 Å². The third kappa shape index (κ3) is 2.21. The summed E-state index contributed by atoms with van der Waals surface area (Å²) in [5.41, 5.74) is 3.43. The Balaban J connectivity index is 1.69. The van der Waals surface area contributed by atoms with Crippen LogP contribution < -0.4 is 14.5 Å². The van der Waals surface area contributed by atoms with Crippen LogP contribution in [0, 0.1) is 0 Å². The first-order valence-electron chi connectivity index (χ1n) is 7.48. The van der Waals surface area contributed by atoms with Crippen LogP contribution in [0.5, 0.6) is 11.6 Å². The molecule has 1 aliphatic rings. The third-order valence-corrected chi connectivity index (χ3v) is 4.15. The first-order valence-corrected chi connectivity index (χ1v) is 7.48. The van der Waals surface area contributed by atoms with E-state index in [1.807, 2.05) is 32.3 Å². The number of hydrogen-bond donors (Lipinski definition) is 2. The number of hydrogen-bond acceptors (Lipinski definition) is 5. The predicted molar refractivity (Wildman–Crippen MR) is 91.2 cm³/mol. The van der Waals surface area contributed by atoms with Crippen molar-refractivity contribution in [3.05, 3.63) is 42.1 Å². The highest BCUT2D eigenvalue weighted by atomic mass is 16.5. The molecule has 4 rings (SSSR count). The zero-order chi connectivity index (χ0) is 16.8. The van der Waals surface area contributed by atoms with E-state index in [9.17, 15) is 9.90 Å². The van der Waals surface area contributed by atoms with Crippen molar-refractivity contribution in [1.82, 2.24) is 9.97 Å². The average Bonchev–Trinajstić information content (AvgIpc) is 3.07. The molecule has 24 heavy (non-hydrogen) atoms. The van der Waals surface area contributed by atoms with Gasteiger partial charge < -0.3 is 24.6 Å². The van der Waals surface area contributed by atoms with Crippen molar-refractivity contribution >= 4 is 28.4 Å². The van der Waals surface area contributed by atoms with Crippen molar-refractivity contribution < 1.29 is 14.6 Å². The Kier molecular flexibility index (Phi) is 3.09. The third-order valence-electron chi connectivity index (χ3n) is 4.15. The van der Waals surface area contributed by atoms with E-state index in [-0.39, 0.29) is 5.56 Å². The van der Waals surface area contributed by atoms with Gasteiger partial charge in [0, 0.05) is 32.4 Å². The van der Waals surface area contributed by atoms with E-state index in [0.29, 0.717) is 22.7 Å². The van der Waals surface area contributed by atoms with Crippen LogP contribution in [-0.2, 0) is 0 Å². The highest BCUT2D eigenvalue weighted by Gasteiger charge is 2.21. The maximum absolute atomic E-state index is 11.3. The first-order chi connectivity index (χ1) is 11.5. The molecule has 0 unspecified atom stereocenters. The summed E-state index contributed by atoms with van der Waals surface area (Å²) < 4.78 is 5.87. The van der Waals surface area contributed by atoms with Gasteiger partial charge in [0.05, 0.1) is 34.6 Å². The van der Waals surface area contributed by atoms with E-state index in [4.69, 9.17) is 4.74 Å². The Labute approximate surface area is 138 Å². The molecule has 0 spiro atoms. The second-order valence-electron chi connectivity index (χ2n) is 5.85. The van der Waals surface area contributed by atoms with Crippen LogP contribution in [0.15, 0.2) is 36.5 Å². The SMILES string of the molecule is CN1CN(C)c2cc(Oc3cc4nccc(C(=O)O)c4[nH]3)ccc21. The lowest BCUT2D eigenvalue weighted by Gasteiger charge is -2.12. The number of nitrogens with zero attached hydrogens (tertiary/aromatic N) is 3. The second kappa shape index (κ2) is 5.16. The Hall–Kier alpha value is -3.22. The summed E-state index contributed by atoms with van der Waals surface area (Å²) in [6.45, 7) is 0.830. The number of H-pyrrole nitrogens is 1. The van der Waals surface area contributed by atoms with E-state index < -0.39 is 5.97 Å². The number of pyridine rings is 1. The number of benzene rings is 1. The molecule has 0 fully saturated rings. The molecule has 0 atom stereocenters. The van der Waals surface area contributed by atoms with E-state index in [0.717, 1.165) is 18.0 Å². The van der Waals surface area contributed by atoms with Crippen LogP contribution in [-0.4, -0.2) is 41.8 Å². The van der Waals surface area contributed by atoms with Crippen molar-refractivity contribution in [3.63, 3.8) is 0 Å². The average molecular weight is 324 g/mol. The van der Waals surface area contributed by atoms with E-state index >= 15 is 0 Å². The fourth-order valence-electron chi connectivity index (χ4n) is 3.03. The number of aromatic nitrogens is 2. The molecular weight excluding hydrogens is 308 g/mol. The van der Waals surface area contributed by atoms with Gasteiger partial charge in [-0.25, -0.2) is 4.79 Å². The molecule has 0 amide bonds. The molecule has 2 N–H and O–H groups in total. The van der Waals surface area contributed by atoms with Gasteiger partial charge >= 0.3 is 5.97 Å². The van der Waals surface area contributed by atoms with Crippen molar-refractivity contribution in [2.45, 2.75) is 0 Å². The molecule has 3 aromatic rings. The maximum atomic E-state index is 11.3. The van der Waals surface area contributed by atoms with E-state index in [1.165, 1.54) is 12.3 Å². The second-order valence-corrected chi connectivity index (χ2v) is 5.85. The molecule has 122 valence electrons. The molecular formula is C17H16N4O3. The fourth-order valence-corrected chi connectivity index (χ4v) is 3.03. The van der Waals surface area contributed by atoms with Gasteiger partial charge in [0.1, 0.15) is 5.75 Å². The summed E-state index contributed by atoms with van der Waals surface area (Å²) in [6, 6.07) is 9.04. The molecule has 2 aromatic heterocycles. The molecule has 7 heteroatoms. The molecule has 7 nitrogen and oxygen atoms in total. The summed E-state index contributed by atoms with van der Waals surface area (Å²) in [4.78, 5) is 22.7. The summed E-state index contributed by atoms with van der Waals surface area (Å²) in [7, 11) is 4.07. The number of ether oxygens (including phenoxy) is 1. The van der Waals surface area contributed by atoms with Crippen molar-refractivity contribution in [1.29, 1.82) is 0 Å². The van der Waals surface area contributed by atoms with Gasteiger partial charge in [-0.1, -0.05) is 0 Å². The molecule has 1 aromatic carbocycles. The zero-order valence-corrected chi connectivity index (χ0v) is 13.3. The van der Waals surface area contributed by atoms with Crippen LogP contribution in [0.4, 0.5) is 11.4 Å². The standard InChI is InChI=1S/C17H16N4O3/c1-20-9-21(2)14-7-10(3-4-13(14)20)24-15-8-12-16(19-15)11(17(22)23)5-6-18-12/h3-8,19H,9H2,1-2H3,(H,22,23). The minimum absolute atomic E-state index is 0.171. The minimum atomic E-state index is -1.00. The number of nitrogens with one attached hydrogen (secondary N) is 1. The van der Waals surface area contributed by atoms with E-state index in [1.54, 1.807) is 6.07 Å². The van der Waals surface area contributed by atoms with Crippen LogP contribution in [0.2, 0.25) is 0 Å². The van der Waals surface area contributed by atoms with Gasteiger partial charge in [0.15, 0.2) is 5.88 Å². The minimum Gasteiger partial charge on any atom is -0.478 e. The summed E-state index contributed by atoms with van der Waals surface area (Å²) in [5, 5.41) is 9.24. The number of carbonyl (C=O) groups is 1. The van der Waals surface area contributed by atoms with Crippen LogP contribution in [0.25, 0.3) is 11.0 Å². The number of carboxylic acid groups (broad SMARTS) is 1. The Morgan fingerprint density at radius 1 is 1.21 bits per heavy atom. The highest BCUT2D eigenvalue weighted by molar-refractivity contribution is 6.01. The number of aromatic carboxylic acids is 1. The lowest BCUT2D eigenvalue weighted by Crippen LogP contribution is -2.23. The van der Waals surface area contributed by atoms with Crippen LogP contribution in [0.1, 0.15) is 10.4 Å². The molecule has 0 radical (unpaired) electrons. The van der Waals surface area contributed by atoms with Crippen molar-refractivity contribution in [2.75, 3.05) is 30.6 Å². The first kappa shape index (κ1) is 14.4. The molecule has 0 saturated heterocycles. The lowest BCUT2D eigenvalue weighted by molar-refractivity contribution is 0.0699. The molecule has 3 heterocycles. The summed E-state index contributed by atoms with van der Waals surface area (Å²) in [5.74, 6) is 0.137. The molecule has 0 bridgehead atoms. The smallest absolute Gasteiger partial charge is 0.337 e. The van der Waals surface area contributed by atoms with Gasteiger partial charge in [0.2, 0.25) is 0 Å². The normalized spacial score (nSPS) is 13.4. The predicted octanol–water partition coefficient (Wildman–Crippen LogP) is 2.90. The van der Waals surface area contributed by atoms with Gasteiger partial charge in [-0.05, 0) is 18.2 Å². The number of rotatable bonds is 3. The number of fused-ring (bicyclic) bond motifs is 2. The number of aromatic amines is 1. The molecule has 0 aliphatic carbocycles. The number of carboxylic acids is 1. The topological polar surface area (TPSA) is 81.7 Å². The largest absolute Gasteiger partial charge is 0.478 e. The van der Waals surface area contributed by atoms with Crippen molar-refractivity contribution in [2.24, 2.45) is 0 Å². The van der Waals surface area contributed by atoms with Crippen LogP contribution in [0.3, 0.4) is 0 Å². The fraction of sp³-hybridized carbons (Fsp3) is 0.176. The van der Waals surface area contributed by atoms with Gasteiger partial charge in [-0.15, -0.1) is 0 Å². The molecule has 1 aliphatic heterocycles. The Morgan fingerprint density at radius 3 is 2.79 bits per heavy atom. The van der Waals surface area contributed by atoms with E-state index in [2.05, 4.69) is 19.8 Å². The maximum Gasteiger partial charge on any atom is 0.337 e. The lowest BCUT2D eigenvalue weighted by atomic mass is 10.2. The van der Waals surface area contributed by atoms with Crippen molar-refractivity contribution in [3.8, 4) is 11.6 Å².